The van der Waals surface area contributed by atoms with E-state index in [1.807, 2.05) is 19.9 Å². The van der Waals surface area contributed by atoms with Gasteiger partial charge in [-0.3, -0.25) is 23.7 Å². The first-order valence-corrected chi connectivity index (χ1v) is 15.3. The van der Waals surface area contributed by atoms with Crippen LogP contribution in [0.4, 0.5) is 5.82 Å². The van der Waals surface area contributed by atoms with E-state index in [9.17, 15) is 14.4 Å². The number of hydrogen-bond acceptors (Lipinski definition) is 8. The Kier molecular flexibility index (Phi) is 13.1. The highest BCUT2D eigenvalue weighted by molar-refractivity contribution is 8.26. The first-order valence-electron chi connectivity index (χ1n) is 14.1. The second-order valence-corrected chi connectivity index (χ2v) is 11.8. The molecule has 1 aliphatic heterocycles. The van der Waals surface area contributed by atoms with Gasteiger partial charge in [-0.25, -0.2) is 4.98 Å². The number of amides is 1. The monoisotopic (exact) mass is 588 g/mol. The van der Waals surface area contributed by atoms with Gasteiger partial charge in [-0.15, -0.1) is 0 Å². The number of nitrogens with zero attached hydrogens (tertiary/aromatic N) is 3. The van der Waals surface area contributed by atoms with Gasteiger partial charge in [0.1, 0.15) is 15.8 Å². The van der Waals surface area contributed by atoms with Crippen LogP contribution < -0.4 is 10.9 Å². The Morgan fingerprint density at radius 3 is 2.50 bits per heavy atom. The second kappa shape index (κ2) is 16.5. The second-order valence-electron chi connectivity index (χ2n) is 10.1. The summed E-state index contributed by atoms with van der Waals surface area (Å²) in [6.45, 7) is 5.70. The van der Waals surface area contributed by atoms with E-state index in [-0.39, 0.29) is 24.0 Å². The highest BCUT2D eigenvalue weighted by atomic mass is 32.2. The van der Waals surface area contributed by atoms with Gasteiger partial charge in [0.05, 0.1) is 16.6 Å². The fourth-order valence-corrected chi connectivity index (χ4v) is 5.69. The average Bonchev–Trinajstić information content (AvgIpc) is 3.18. The van der Waals surface area contributed by atoms with Crippen LogP contribution in [0, 0.1) is 0 Å². The fraction of sp³-hybridized carbons (Fsp3) is 0.552. The molecule has 0 spiro atoms. The number of ether oxygens (including phenoxy) is 1. The molecular weight excluding hydrogens is 548 g/mol. The fourth-order valence-electron chi connectivity index (χ4n) is 4.40. The van der Waals surface area contributed by atoms with E-state index in [1.165, 1.54) is 16.2 Å². The van der Waals surface area contributed by atoms with Crippen molar-refractivity contribution in [3.8, 4) is 0 Å². The van der Waals surface area contributed by atoms with E-state index in [4.69, 9.17) is 22.1 Å². The molecule has 0 atom stereocenters. The first-order chi connectivity index (χ1) is 19.3. The Labute approximate surface area is 245 Å². The average molecular weight is 589 g/mol. The highest BCUT2D eigenvalue weighted by Crippen LogP contribution is 2.33. The van der Waals surface area contributed by atoms with Crippen molar-refractivity contribution in [1.82, 2.24) is 14.3 Å². The van der Waals surface area contributed by atoms with E-state index in [2.05, 4.69) is 10.3 Å². The number of aliphatic carboxylic acids is 1. The largest absolute Gasteiger partial charge is 0.481 e. The minimum atomic E-state index is -0.730. The quantitative estimate of drug-likeness (QED) is 0.128. The van der Waals surface area contributed by atoms with Crippen molar-refractivity contribution in [2.75, 3.05) is 25.0 Å². The molecule has 0 bridgehead atoms. The molecule has 0 saturated carbocycles. The summed E-state index contributed by atoms with van der Waals surface area (Å²) < 4.78 is 7.59. The Morgan fingerprint density at radius 1 is 1.10 bits per heavy atom. The molecule has 1 fully saturated rings. The smallest absolute Gasteiger partial charge is 0.303 e. The van der Waals surface area contributed by atoms with Crippen LogP contribution >= 0.6 is 24.0 Å². The maximum atomic E-state index is 13.4. The number of thiocarbonyl (C=S) groups is 1. The van der Waals surface area contributed by atoms with Crippen LogP contribution in [-0.4, -0.2) is 61.4 Å². The van der Waals surface area contributed by atoms with Gasteiger partial charge in [0.25, 0.3) is 11.5 Å². The topological polar surface area (TPSA) is 113 Å². The van der Waals surface area contributed by atoms with Gasteiger partial charge in [-0.1, -0.05) is 68.6 Å². The van der Waals surface area contributed by atoms with Crippen molar-refractivity contribution >= 4 is 57.7 Å². The molecule has 11 heteroatoms. The number of fused-ring (bicyclic) bond motifs is 1. The summed E-state index contributed by atoms with van der Waals surface area (Å²) in [6, 6.07) is 5.38. The number of aromatic nitrogens is 2. The number of carbonyl (C=O) groups is 2. The third-order valence-electron chi connectivity index (χ3n) is 6.51. The summed E-state index contributed by atoms with van der Waals surface area (Å²) in [4.78, 5) is 43.9. The van der Waals surface area contributed by atoms with Gasteiger partial charge in [0, 0.05) is 32.3 Å². The lowest BCUT2D eigenvalue weighted by molar-refractivity contribution is -0.137. The molecular formula is C29H40N4O5S2. The van der Waals surface area contributed by atoms with Gasteiger partial charge >= 0.3 is 5.97 Å². The summed E-state index contributed by atoms with van der Waals surface area (Å²) in [5, 5.41) is 12.0. The molecule has 0 aromatic carbocycles. The molecule has 2 aromatic heterocycles. The number of nitrogens with one attached hydrogen (secondary N) is 1. The normalized spacial score (nSPS) is 14.7. The minimum Gasteiger partial charge on any atom is -0.481 e. The molecule has 218 valence electrons. The molecule has 0 unspecified atom stereocenters. The summed E-state index contributed by atoms with van der Waals surface area (Å²) >= 11 is 6.73. The van der Waals surface area contributed by atoms with Crippen molar-refractivity contribution in [2.45, 2.75) is 84.2 Å². The summed E-state index contributed by atoms with van der Waals surface area (Å²) in [5.41, 5.74) is 0.607. The first kappa shape index (κ1) is 31.8. The van der Waals surface area contributed by atoms with E-state index < -0.39 is 5.97 Å². The minimum absolute atomic E-state index is 0.155. The van der Waals surface area contributed by atoms with E-state index >= 15 is 0 Å². The summed E-state index contributed by atoms with van der Waals surface area (Å²) in [5.74, 6) is -0.469. The zero-order valence-electron chi connectivity index (χ0n) is 23.4. The SMILES string of the molecule is CC(C)OCCCNc1nc2ccccn2c(=O)c1/C=C1/SC(=S)N(CCCCCCCCCCC(=O)O)C1=O. The Balaban J connectivity index is 1.58. The highest BCUT2D eigenvalue weighted by Gasteiger charge is 2.32. The standard InChI is InChI=1S/C29H40N4O5S2/c1-21(2)38-19-13-16-30-26-22(27(36)32-17-12-10-14-24(32)31-26)20-23-28(37)33(29(39)40-23)18-11-8-6-4-3-5-7-9-15-25(34)35/h10,12,14,17,20-21,30H,3-9,11,13,15-16,18-19H2,1-2H3,(H,34,35)/b23-20+. The molecule has 1 aliphatic rings. The number of thioether (sulfide) groups is 1. The lowest BCUT2D eigenvalue weighted by Gasteiger charge is -2.14. The number of carboxylic acid groups (broad SMARTS) is 1. The van der Waals surface area contributed by atoms with E-state index in [0.29, 0.717) is 46.0 Å². The third kappa shape index (κ3) is 9.71. The molecule has 1 saturated heterocycles. The number of carbonyl (C=O) groups excluding carboxylic acids is 1. The van der Waals surface area contributed by atoms with Gasteiger partial charge in [-0.2, -0.15) is 0 Å². The number of rotatable bonds is 18. The van der Waals surface area contributed by atoms with Gasteiger partial charge in [-0.05, 0) is 51.3 Å². The van der Waals surface area contributed by atoms with Crippen molar-refractivity contribution in [3.05, 3.63) is 45.2 Å². The molecule has 1 amide bonds. The molecule has 9 nitrogen and oxygen atoms in total. The Hall–Kier alpha value is -2.76. The van der Waals surface area contributed by atoms with Crippen molar-refractivity contribution in [1.29, 1.82) is 0 Å². The number of carboxylic acids is 1. The van der Waals surface area contributed by atoms with Crippen LogP contribution in [0.15, 0.2) is 34.1 Å². The zero-order chi connectivity index (χ0) is 28.9. The maximum Gasteiger partial charge on any atom is 0.303 e. The van der Waals surface area contributed by atoms with Crippen LogP contribution in [-0.2, 0) is 14.3 Å². The Bertz CT molecular complexity index is 1260. The lowest BCUT2D eigenvalue weighted by atomic mass is 10.1. The number of unbranched alkanes of at least 4 members (excludes halogenated alkanes) is 7. The van der Waals surface area contributed by atoms with Crippen LogP contribution in [0.25, 0.3) is 11.7 Å². The molecule has 3 heterocycles. The van der Waals surface area contributed by atoms with Crippen molar-refractivity contribution < 1.29 is 19.4 Å². The molecule has 2 N–H and O–H groups in total. The Morgan fingerprint density at radius 2 is 1.80 bits per heavy atom. The molecule has 40 heavy (non-hydrogen) atoms. The van der Waals surface area contributed by atoms with Gasteiger partial charge < -0.3 is 15.2 Å². The van der Waals surface area contributed by atoms with Crippen molar-refractivity contribution in [3.63, 3.8) is 0 Å². The maximum absolute atomic E-state index is 13.4. The van der Waals surface area contributed by atoms with Gasteiger partial charge in [0.2, 0.25) is 0 Å². The molecule has 0 radical (unpaired) electrons. The summed E-state index contributed by atoms with van der Waals surface area (Å²) in [6.07, 6.45) is 12.3. The summed E-state index contributed by atoms with van der Waals surface area (Å²) in [7, 11) is 0. The molecule has 0 aliphatic carbocycles. The van der Waals surface area contributed by atoms with Crippen molar-refractivity contribution in [2.24, 2.45) is 0 Å². The van der Waals surface area contributed by atoms with Crippen LogP contribution in [0.2, 0.25) is 0 Å². The van der Waals surface area contributed by atoms with Gasteiger partial charge in [0.15, 0.2) is 0 Å². The van der Waals surface area contributed by atoms with E-state index in [1.54, 1.807) is 29.3 Å². The number of anilines is 1. The zero-order valence-corrected chi connectivity index (χ0v) is 25.0. The number of hydrogen-bond donors (Lipinski definition) is 2. The van der Waals surface area contributed by atoms with Crippen LogP contribution in [0.1, 0.15) is 83.6 Å². The predicted octanol–water partition coefficient (Wildman–Crippen LogP) is 5.72. The molecule has 3 rings (SSSR count). The molecule has 2 aromatic rings. The van der Waals surface area contributed by atoms with Crippen LogP contribution in [0.3, 0.4) is 0 Å². The van der Waals surface area contributed by atoms with E-state index in [0.717, 1.165) is 57.8 Å². The predicted molar refractivity (Wildman–Crippen MR) is 165 cm³/mol. The number of pyridine rings is 1. The van der Waals surface area contributed by atoms with Crippen LogP contribution in [0.5, 0.6) is 0 Å². The third-order valence-corrected chi connectivity index (χ3v) is 7.88. The lowest BCUT2D eigenvalue weighted by Crippen LogP contribution is -2.29.